The van der Waals surface area contributed by atoms with Crippen LogP contribution in [0.15, 0.2) is 17.0 Å². The van der Waals surface area contributed by atoms with E-state index in [4.69, 9.17) is 15.5 Å². The average Bonchev–Trinajstić information content (AvgIpc) is 2.25. The van der Waals surface area contributed by atoms with Gasteiger partial charge < -0.3 is 10.2 Å². The van der Waals surface area contributed by atoms with Gasteiger partial charge in [0.25, 0.3) is 0 Å². The zero-order valence-corrected chi connectivity index (χ0v) is 9.47. The van der Waals surface area contributed by atoms with Crippen molar-refractivity contribution >= 4 is 17.7 Å². The average molecular weight is 277 g/mol. The van der Waals surface area contributed by atoms with E-state index in [-0.39, 0.29) is 11.1 Å². The molecule has 0 aromatic heterocycles. The number of thioether (sulfide) groups is 1. The Labute approximate surface area is 104 Å². The number of nitriles is 1. The van der Waals surface area contributed by atoms with Gasteiger partial charge in [-0.15, -0.1) is 0 Å². The number of aliphatic hydroxyl groups is 1. The molecular formula is C10H6F3NO3S. The molecule has 0 radical (unpaired) electrons. The zero-order valence-electron chi connectivity index (χ0n) is 8.65. The second-order valence-corrected chi connectivity index (χ2v) is 4.19. The second kappa shape index (κ2) is 5.29. The Morgan fingerprint density at radius 3 is 2.44 bits per heavy atom. The standard InChI is InChI=1S/C10H6F3NO3S/c11-10(12,13)18-7-2-1-5(3-14)6(4-15)8(7)9(16)17/h1-2,15H,4H2,(H,16,17). The largest absolute Gasteiger partial charge is 0.478 e. The molecule has 0 unspecified atom stereocenters. The smallest absolute Gasteiger partial charge is 0.446 e. The molecule has 8 heteroatoms. The lowest BCUT2D eigenvalue weighted by atomic mass is 10.0. The number of carboxylic acid groups (broad SMARTS) is 1. The van der Waals surface area contributed by atoms with Gasteiger partial charge in [0, 0.05) is 10.5 Å². The van der Waals surface area contributed by atoms with E-state index in [1.54, 1.807) is 6.07 Å². The van der Waals surface area contributed by atoms with E-state index in [1.165, 1.54) is 0 Å². The lowest BCUT2D eigenvalue weighted by molar-refractivity contribution is -0.0328. The minimum atomic E-state index is -4.65. The second-order valence-electron chi connectivity index (χ2n) is 3.09. The Bertz CT molecular complexity index is 522. The Kier molecular flexibility index (Phi) is 4.21. The third kappa shape index (κ3) is 3.15. The van der Waals surface area contributed by atoms with Gasteiger partial charge in [0.2, 0.25) is 0 Å². The van der Waals surface area contributed by atoms with Gasteiger partial charge in [0.1, 0.15) is 0 Å². The molecule has 0 amide bonds. The van der Waals surface area contributed by atoms with Crippen LogP contribution in [0, 0.1) is 11.3 Å². The normalized spacial score (nSPS) is 11.1. The number of aromatic carboxylic acids is 1. The number of carbonyl (C=O) groups is 1. The summed E-state index contributed by atoms with van der Waals surface area (Å²) >= 11 is -0.597. The molecule has 4 nitrogen and oxygen atoms in total. The molecule has 0 aliphatic rings. The van der Waals surface area contributed by atoms with Crippen LogP contribution in [0.2, 0.25) is 0 Å². The summed E-state index contributed by atoms with van der Waals surface area (Å²) in [5.74, 6) is -1.62. The van der Waals surface area contributed by atoms with E-state index in [0.717, 1.165) is 12.1 Å². The quantitative estimate of drug-likeness (QED) is 0.829. The molecule has 0 aliphatic heterocycles. The van der Waals surface area contributed by atoms with Crippen LogP contribution in [0.3, 0.4) is 0 Å². The minimum absolute atomic E-state index is 0.165. The highest BCUT2D eigenvalue weighted by Crippen LogP contribution is 2.40. The first-order valence-corrected chi connectivity index (χ1v) is 5.27. The van der Waals surface area contributed by atoms with Crippen molar-refractivity contribution in [3.8, 4) is 6.07 Å². The molecule has 0 fully saturated rings. The predicted molar refractivity (Wildman–Crippen MR) is 56.0 cm³/mol. The lowest BCUT2D eigenvalue weighted by Gasteiger charge is -2.12. The number of hydrogen-bond acceptors (Lipinski definition) is 4. The fourth-order valence-corrected chi connectivity index (χ4v) is 2.04. The van der Waals surface area contributed by atoms with Gasteiger partial charge in [-0.25, -0.2) is 4.79 Å². The number of hydrogen-bond donors (Lipinski definition) is 2. The summed E-state index contributed by atoms with van der Waals surface area (Å²) in [5.41, 5.74) is -5.83. The topological polar surface area (TPSA) is 81.3 Å². The number of alkyl halides is 3. The lowest BCUT2D eigenvalue weighted by Crippen LogP contribution is -2.09. The summed E-state index contributed by atoms with van der Waals surface area (Å²) < 4.78 is 36.7. The molecule has 18 heavy (non-hydrogen) atoms. The molecule has 2 N–H and O–H groups in total. The first-order valence-electron chi connectivity index (χ1n) is 4.46. The summed E-state index contributed by atoms with van der Waals surface area (Å²) in [4.78, 5) is 10.4. The number of benzene rings is 1. The first kappa shape index (κ1) is 14.3. The van der Waals surface area contributed by atoms with E-state index in [9.17, 15) is 18.0 Å². The van der Waals surface area contributed by atoms with Crippen molar-refractivity contribution in [1.29, 1.82) is 5.26 Å². The van der Waals surface area contributed by atoms with Crippen LogP contribution in [0.1, 0.15) is 21.5 Å². The summed E-state index contributed by atoms with van der Waals surface area (Å²) in [7, 11) is 0. The van der Waals surface area contributed by atoms with Gasteiger partial charge in [-0.3, -0.25) is 0 Å². The van der Waals surface area contributed by atoms with Crippen molar-refractivity contribution in [1.82, 2.24) is 0 Å². The third-order valence-electron chi connectivity index (χ3n) is 1.99. The number of aliphatic hydroxyl groups excluding tert-OH is 1. The van der Waals surface area contributed by atoms with Gasteiger partial charge in [0.05, 0.1) is 23.8 Å². The van der Waals surface area contributed by atoms with Gasteiger partial charge >= 0.3 is 11.5 Å². The maximum Gasteiger partial charge on any atom is 0.446 e. The molecule has 0 aliphatic carbocycles. The third-order valence-corrected chi connectivity index (χ3v) is 2.78. The van der Waals surface area contributed by atoms with E-state index in [1.807, 2.05) is 0 Å². The molecule has 1 aromatic carbocycles. The maximum absolute atomic E-state index is 12.2. The van der Waals surface area contributed by atoms with Crippen LogP contribution in [0.4, 0.5) is 13.2 Å². The molecule has 0 saturated carbocycles. The van der Waals surface area contributed by atoms with E-state index in [0.29, 0.717) is 0 Å². The predicted octanol–water partition coefficient (Wildman–Crippen LogP) is 2.36. The summed E-state index contributed by atoms with van der Waals surface area (Å²) in [6.45, 7) is -0.823. The molecule has 0 spiro atoms. The molecule has 0 bridgehead atoms. The molecule has 0 heterocycles. The number of rotatable bonds is 3. The van der Waals surface area contributed by atoms with Crippen LogP contribution in [0.5, 0.6) is 0 Å². The van der Waals surface area contributed by atoms with Crippen LogP contribution < -0.4 is 0 Å². The van der Waals surface area contributed by atoms with Crippen molar-refractivity contribution in [2.75, 3.05) is 0 Å². The fraction of sp³-hybridized carbons (Fsp3) is 0.200. The number of nitrogens with zero attached hydrogens (tertiary/aromatic N) is 1. The minimum Gasteiger partial charge on any atom is -0.478 e. The molecule has 1 aromatic rings. The molecular weight excluding hydrogens is 271 g/mol. The Morgan fingerprint density at radius 1 is 1.44 bits per heavy atom. The first-order chi connectivity index (χ1) is 8.30. The molecule has 1 rings (SSSR count). The van der Waals surface area contributed by atoms with Crippen molar-refractivity contribution < 1.29 is 28.2 Å². The number of carboxylic acids is 1. The SMILES string of the molecule is N#Cc1ccc(SC(F)(F)F)c(C(=O)O)c1CO. The highest BCUT2D eigenvalue weighted by Gasteiger charge is 2.32. The van der Waals surface area contributed by atoms with Crippen LogP contribution >= 0.6 is 11.8 Å². The van der Waals surface area contributed by atoms with Crippen molar-refractivity contribution in [2.45, 2.75) is 17.0 Å². The van der Waals surface area contributed by atoms with Gasteiger partial charge in [-0.1, -0.05) is 0 Å². The van der Waals surface area contributed by atoms with Crippen molar-refractivity contribution in [3.63, 3.8) is 0 Å². The Hall–Kier alpha value is -1.72. The fourth-order valence-electron chi connectivity index (χ4n) is 1.34. The van der Waals surface area contributed by atoms with Gasteiger partial charge in [0.15, 0.2) is 0 Å². The van der Waals surface area contributed by atoms with E-state index in [2.05, 4.69) is 0 Å². The monoisotopic (exact) mass is 277 g/mol. The number of halogens is 3. The van der Waals surface area contributed by atoms with Crippen LogP contribution in [-0.4, -0.2) is 21.7 Å². The molecule has 0 atom stereocenters. The zero-order chi connectivity index (χ0) is 13.9. The maximum atomic E-state index is 12.2. The van der Waals surface area contributed by atoms with Crippen LogP contribution in [-0.2, 0) is 6.61 Å². The Morgan fingerprint density at radius 2 is 2.06 bits per heavy atom. The summed E-state index contributed by atoms with van der Waals surface area (Å²) in [6.07, 6.45) is 0. The van der Waals surface area contributed by atoms with Gasteiger partial charge in [-0.05, 0) is 23.9 Å². The Balaban J connectivity index is 3.46. The van der Waals surface area contributed by atoms with E-state index < -0.39 is 40.3 Å². The molecule has 96 valence electrons. The van der Waals surface area contributed by atoms with Crippen molar-refractivity contribution in [3.05, 3.63) is 28.8 Å². The summed E-state index contributed by atoms with van der Waals surface area (Å²) in [5, 5.41) is 26.6. The van der Waals surface area contributed by atoms with Gasteiger partial charge in [-0.2, -0.15) is 18.4 Å². The highest BCUT2D eigenvalue weighted by molar-refractivity contribution is 8.00. The highest BCUT2D eigenvalue weighted by atomic mass is 32.2. The van der Waals surface area contributed by atoms with Crippen LogP contribution in [0.25, 0.3) is 0 Å². The van der Waals surface area contributed by atoms with E-state index >= 15 is 0 Å². The van der Waals surface area contributed by atoms with Crippen molar-refractivity contribution in [2.24, 2.45) is 0 Å². The summed E-state index contributed by atoms with van der Waals surface area (Å²) in [6, 6.07) is 3.57. The molecule has 0 saturated heterocycles.